The lowest BCUT2D eigenvalue weighted by atomic mass is 10.5. The van der Waals surface area contributed by atoms with Crippen molar-refractivity contribution in [2.45, 2.75) is 65.7 Å². The number of hydrogen-bond acceptors (Lipinski definition) is 7. The monoisotopic (exact) mass is 430 g/mol. The summed E-state index contributed by atoms with van der Waals surface area (Å²) in [6, 6.07) is 1.63. The van der Waals surface area contributed by atoms with Crippen molar-refractivity contribution in [2.24, 2.45) is 0 Å². The molecule has 0 aromatic heterocycles. The van der Waals surface area contributed by atoms with Crippen molar-refractivity contribution in [3.63, 3.8) is 0 Å². The Bertz CT molecular complexity index is 331. The second-order valence-corrected chi connectivity index (χ2v) is 13.9. The summed E-state index contributed by atoms with van der Waals surface area (Å²) in [5, 5.41) is 0. The van der Waals surface area contributed by atoms with Crippen LogP contribution in [0.15, 0.2) is 0 Å². The van der Waals surface area contributed by atoms with E-state index in [1.165, 1.54) is 0 Å². The first-order chi connectivity index (χ1) is 12.3. The summed E-state index contributed by atoms with van der Waals surface area (Å²) in [5.74, 6) is 0. The summed E-state index contributed by atoms with van der Waals surface area (Å²) < 4.78 is 45.5. The molecule has 0 saturated carbocycles. The normalized spacial score (nSPS) is 12.9. The lowest BCUT2D eigenvalue weighted by Gasteiger charge is -2.26. The van der Waals surface area contributed by atoms with Gasteiger partial charge < -0.3 is 26.8 Å². The Labute approximate surface area is 162 Å². The van der Waals surface area contributed by atoms with E-state index in [0.29, 0.717) is 39.6 Å². The first-order valence-corrected chi connectivity index (χ1v) is 16.0. The van der Waals surface area contributed by atoms with E-state index in [1.807, 2.05) is 27.7 Å². The highest BCUT2D eigenvalue weighted by atomic mass is 31.1. The fraction of sp³-hybridized carbons (Fsp3) is 1.00. The molecule has 0 spiro atoms. The average Bonchev–Trinajstić information content (AvgIpc) is 2.57. The summed E-state index contributed by atoms with van der Waals surface area (Å²) in [5.41, 5.74) is 0. The molecule has 0 saturated heterocycles. The van der Waals surface area contributed by atoms with E-state index in [1.54, 1.807) is 0 Å². The molecule has 0 aromatic carbocycles. The van der Waals surface area contributed by atoms with Gasteiger partial charge in [-0.05, 0) is 65.7 Å². The average molecular weight is 431 g/mol. The van der Waals surface area contributed by atoms with Crippen molar-refractivity contribution in [1.82, 2.24) is 0 Å². The van der Waals surface area contributed by atoms with Gasteiger partial charge in [-0.1, -0.05) is 0 Å². The van der Waals surface area contributed by atoms with Gasteiger partial charge in [0.25, 0.3) is 0 Å². The molecule has 26 heavy (non-hydrogen) atoms. The van der Waals surface area contributed by atoms with Crippen LogP contribution < -0.4 is 0 Å². The molecule has 0 aliphatic rings. The summed E-state index contributed by atoms with van der Waals surface area (Å²) >= 11 is 0. The highest BCUT2D eigenvalue weighted by Gasteiger charge is 2.30. The van der Waals surface area contributed by atoms with Crippen molar-refractivity contribution in [1.29, 1.82) is 0 Å². The topological polar surface area (TPSA) is 72.5 Å². The Balaban J connectivity index is 3.92. The van der Waals surface area contributed by atoms with Crippen LogP contribution in [0.25, 0.3) is 0 Å². The first kappa shape index (κ1) is 26.4. The van der Waals surface area contributed by atoms with Crippen molar-refractivity contribution in [3.8, 4) is 0 Å². The Kier molecular flexibility index (Phi) is 15.6. The Hall–Kier alpha value is 0.424. The van der Waals surface area contributed by atoms with Gasteiger partial charge in [0.1, 0.15) is 0 Å². The van der Waals surface area contributed by atoms with Crippen molar-refractivity contribution < 1.29 is 31.3 Å². The van der Waals surface area contributed by atoms with E-state index in [0.717, 1.165) is 24.9 Å². The third kappa shape index (κ3) is 12.7. The largest absolute Gasteiger partial charge is 0.395 e. The van der Waals surface area contributed by atoms with E-state index >= 15 is 0 Å². The van der Waals surface area contributed by atoms with Crippen molar-refractivity contribution >= 4 is 25.4 Å². The van der Waals surface area contributed by atoms with E-state index in [9.17, 15) is 4.57 Å². The smallest absolute Gasteiger partial charge is 0.334 e. The van der Waals surface area contributed by atoms with Gasteiger partial charge in [-0.2, -0.15) is 0 Å². The molecule has 0 amide bonds. The SMILES string of the molecule is CCO[Si](C)(CCCO[PH](=O)OCCC[Si](C)(OCC)OCC)OCC. The zero-order valence-electron chi connectivity index (χ0n) is 17.4. The first-order valence-electron chi connectivity index (χ1n) is 9.70. The van der Waals surface area contributed by atoms with E-state index < -0.39 is 25.4 Å². The molecule has 0 N–H and O–H groups in total. The summed E-state index contributed by atoms with van der Waals surface area (Å²) in [6.07, 6.45) is 1.50. The molecule has 0 fully saturated rings. The van der Waals surface area contributed by atoms with E-state index in [2.05, 4.69) is 13.1 Å². The molecule has 0 aliphatic heterocycles. The highest BCUT2D eigenvalue weighted by molar-refractivity contribution is 7.33. The Morgan fingerprint density at radius 3 is 1.23 bits per heavy atom. The molecule has 0 aromatic rings. The molecule has 0 unspecified atom stereocenters. The second kappa shape index (κ2) is 15.4. The maximum atomic E-state index is 11.8. The second-order valence-electron chi connectivity index (χ2n) is 6.15. The standard InChI is InChI=1S/C16H39O7PSi2/c1-7-20-25(5,21-8-2)15-11-13-18-24(17)19-14-12-16-26(6,22-9-3)23-10-4/h24H,7-16H2,1-6H3. The van der Waals surface area contributed by atoms with Gasteiger partial charge in [-0.15, -0.1) is 0 Å². The molecule has 0 heterocycles. The van der Waals surface area contributed by atoms with Gasteiger partial charge in [-0.25, -0.2) is 0 Å². The highest BCUT2D eigenvalue weighted by Crippen LogP contribution is 2.26. The van der Waals surface area contributed by atoms with E-state index in [4.69, 9.17) is 26.8 Å². The van der Waals surface area contributed by atoms with Gasteiger partial charge >= 0.3 is 25.4 Å². The fourth-order valence-electron chi connectivity index (χ4n) is 2.73. The molecular weight excluding hydrogens is 391 g/mol. The molecule has 0 atom stereocenters. The minimum absolute atomic E-state index is 0.394. The molecule has 10 heteroatoms. The van der Waals surface area contributed by atoms with Crippen LogP contribution in [0.2, 0.25) is 25.2 Å². The van der Waals surface area contributed by atoms with Gasteiger partial charge in [0, 0.05) is 26.4 Å². The molecule has 7 nitrogen and oxygen atoms in total. The predicted octanol–water partition coefficient (Wildman–Crippen LogP) is 4.48. The van der Waals surface area contributed by atoms with E-state index in [-0.39, 0.29) is 0 Å². The lowest BCUT2D eigenvalue weighted by molar-refractivity contribution is 0.179. The minimum Gasteiger partial charge on any atom is -0.395 e. The van der Waals surface area contributed by atoms with Crippen LogP contribution in [0.5, 0.6) is 0 Å². The zero-order chi connectivity index (χ0) is 19.9. The minimum atomic E-state index is -2.45. The molecule has 0 rings (SSSR count). The molecular formula is C16H39O7PSi2. The summed E-state index contributed by atoms with van der Waals surface area (Å²) in [7, 11) is -6.70. The van der Waals surface area contributed by atoms with Crippen LogP contribution in [0, 0.1) is 0 Å². The molecule has 0 bridgehead atoms. The third-order valence-electron chi connectivity index (χ3n) is 3.79. The molecule has 0 aliphatic carbocycles. The maximum Gasteiger partial charge on any atom is 0.334 e. The van der Waals surface area contributed by atoms with Gasteiger partial charge in [0.05, 0.1) is 13.2 Å². The van der Waals surface area contributed by atoms with Crippen molar-refractivity contribution in [2.75, 3.05) is 39.6 Å². The molecule has 0 radical (unpaired) electrons. The van der Waals surface area contributed by atoms with Crippen LogP contribution in [-0.4, -0.2) is 56.8 Å². The van der Waals surface area contributed by atoms with Gasteiger partial charge in [-0.3, -0.25) is 4.57 Å². The van der Waals surface area contributed by atoms with Gasteiger partial charge in [0.2, 0.25) is 0 Å². The Morgan fingerprint density at radius 1 is 0.654 bits per heavy atom. The number of rotatable bonds is 18. The van der Waals surface area contributed by atoms with Crippen molar-refractivity contribution in [3.05, 3.63) is 0 Å². The zero-order valence-corrected chi connectivity index (χ0v) is 20.4. The fourth-order valence-corrected chi connectivity index (χ4v) is 8.20. The molecule has 158 valence electrons. The summed E-state index contributed by atoms with van der Waals surface area (Å²) in [6.45, 7) is 15.4. The van der Waals surface area contributed by atoms with Crippen LogP contribution in [0.1, 0.15) is 40.5 Å². The lowest BCUT2D eigenvalue weighted by Crippen LogP contribution is -2.38. The van der Waals surface area contributed by atoms with Gasteiger partial charge in [0.15, 0.2) is 0 Å². The van der Waals surface area contributed by atoms with Crippen LogP contribution >= 0.6 is 8.25 Å². The third-order valence-corrected chi connectivity index (χ3v) is 10.8. The predicted molar refractivity (Wildman–Crippen MR) is 109 cm³/mol. The quantitative estimate of drug-likeness (QED) is 0.180. The maximum absolute atomic E-state index is 11.8. The van der Waals surface area contributed by atoms with Crippen LogP contribution in [0.4, 0.5) is 0 Å². The van der Waals surface area contributed by atoms with Crippen LogP contribution in [-0.2, 0) is 31.3 Å². The summed E-state index contributed by atoms with van der Waals surface area (Å²) in [4.78, 5) is 0. The van der Waals surface area contributed by atoms with Crippen LogP contribution in [0.3, 0.4) is 0 Å². The number of hydrogen-bond donors (Lipinski definition) is 0. The Morgan fingerprint density at radius 2 is 0.962 bits per heavy atom.